The first-order valence-corrected chi connectivity index (χ1v) is 8.88. The Labute approximate surface area is 135 Å². The Balaban J connectivity index is 1.49. The van der Waals surface area contributed by atoms with Gasteiger partial charge in [-0.1, -0.05) is 0 Å². The topological polar surface area (TPSA) is 50.8 Å². The van der Waals surface area contributed by atoms with Crippen molar-refractivity contribution in [2.24, 2.45) is 0 Å². The molecular formula is C16H24N2O3S. The van der Waals surface area contributed by atoms with E-state index in [4.69, 9.17) is 9.47 Å². The number of nitrogens with one attached hydrogen (secondary N) is 1. The summed E-state index contributed by atoms with van der Waals surface area (Å²) < 4.78 is 10.7. The number of carbonyl (C=O) groups is 1. The summed E-state index contributed by atoms with van der Waals surface area (Å²) in [6.45, 7) is 2.65. The van der Waals surface area contributed by atoms with Crippen LogP contribution in [0.1, 0.15) is 35.7 Å². The van der Waals surface area contributed by atoms with Crippen LogP contribution in [0.4, 0.5) is 4.79 Å². The molecule has 2 amide bonds. The van der Waals surface area contributed by atoms with Gasteiger partial charge in [0.25, 0.3) is 0 Å². The lowest BCUT2D eigenvalue weighted by atomic mass is 9.94. The maximum absolute atomic E-state index is 12.5. The van der Waals surface area contributed by atoms with Gasteiger partial charge in [0.05, 0.1) is 25.4 Å². The number of methoxy groups -OCH3 is 1. The van der Waals surface area contributed by atoms with Crippen LogP contribution in [0.15, 0.2) is 11.4 Å². The summed E-state index contributed by atoms with van der Waals surface area (Å²) in [5.41, 5.74) is 1.32. The van der Waals surface area contributed by atoms with E-state index in [1.807, 2.05) is 4.90 Å². The van der Waals surface area contributed by atoms with Gasteiger partial charge >= 0.3 is 6.03 Å². The van der Waals surface area contributed by atoms with Crippen molar-refractivity contribution < 1.29 is 14.3 Å². The number of hydrogen-bond donors (Lipinski definition) is 1. The molecule has 122 valence electrons. The summed E-state index contributed by atoms with van der Waals surface area (Å²) in [5, 5.41) is 5.33. The molecule has 5 nitrogen and oxygen atoms in total. The second kappa shape index (κ2) is 7.44. The summed E-state index contributed by atoms with van der Waals surface area (Å²) in [6.07, 6.45) is 4.39. The first kappa shape index (κ1) is 15.8. The van der Waals surface area contributed by atoms with Crippen molar-refractivity contribution >= 4 is 17.4 Å². The van der Waals surface area contributed by atoms with E-state index in [9.17, 15) is 4.79 Å². The Morgan fingerprint density at radius 2 is 2.36 bits per heavy atom. The number of carbonyl (C=O) groups excluding carboxylic acids is 1. The Morgan fingerprint density at radius 3 is 3.23 bits per heavy atom. The summed E-state index contributed by atoms with van der Waals surface area (Å²) in [7, 11) is 1.67. The highest BCUT2D eigenvalue weighted by molar-refractivity contribution is 7.10. The second-order valence-corrected chi connectivity index (χ2v) is 6.91. The fraction of sp³-hybridized carbons (Fsp3) is 0.688. The number of urea groups is 1. The summed E-state index contributed by atoms with van der Waals surface area (Å²) >= 11 is 1.80. The molecule has 6 heteroatoms. The van der Waals surface area contributed by atoms with E-state index in [1.165, 1.54) is 10.4 Å². The van der Waals surface area contributed by atoms with Gasteiger partial charge in [0.2, 0.25) is 0 Å². The fourth-order valence-electron chi connectivity index (χ4n) is 3.22. The average molecular weight is 324 g/mol. The van der Waals surface area contributed by atoms with Crippen LogP contribution in [0, 0.1) is 0 Å². The summed E-state index contributed by atoms with van der Waals surface area (Å²) in [6, 6.07) is 2.38. The molecule has 1 aliphatic heterocycles. The quantitative estimate of drug-likeness (QED) is 0.847. The van der Waals surface area contributed by atoms with Crippen molar-refractivity contribution in [3.8, 4) is 0 Å². The van der Waals surface area contributed by atoms with Gasteiger partial charge in [-0.2, -0.15) is 0 Å². The Kier molecular flexibility index (Phi) is 5.33. The van der Waals surface area contributed by atoms with E-state index in [0.29, 0.717) is 19.8 Å². The molecule has 1 saturated heterocycles. The van der Waals surface area contributed by atoms with E-state index < -0.39 is 0 Å². The number of likely N-dealkylation sites (tertiary alicyclic amines) is 1. The lowest BCUT2D eigenvalue weighted by Gasteiger charge is -2.26. The molecule has 3 rings (SSSR count). The third-order valence-corrected chi connectivity index (χ3v) is 5.42. The smallest absolute Gasteiger partial charge is 0.317 e. The minimum atomic E-state index is 0.0434. The average Bonchev–Trinajstić information content (AvgIpc) is 3.16. The van der Waals surface area contributed by atoms with Gasteiger partial charge in [-0.15, -0.1) is 11.3 Å². The monoisotopic (exact) mass is 324 g/mol. The zero-order valence-corrected chi connectivity index (χ0v) is 13.9. The van der Waals surface area contributed by atoms with Crippen LogP contribution < -0.4 is 5.32 Å². The lowest BCUT2D eigenvalue weighted by molar-refractivity contribution is 0.0236. The Hall–Kier alpha value is -1.11. The standard InChI is InChI=1S/C16H24N2O3S/c1-20-8-9-21-12-5-7-18(11-12)16(19)17-14-3-2-4-15-13(14)6-10-22-15/h6,10,12,14H,2-5,7-9,11H2,1H3,(H,17,19)/t12-,14+/m0/s1. The summed E-state index contributed by atoms with van der Waals surface area (Å²) in [4.78, 5) is 15.8. The van der Waals surface area contributed by atoms with Gasteiger partial charge < -0.3 is 19.7 Å². The number of aryl methyl sites for hydroxylation is 1. The molecule has 2 aliphatic rings. The molecule has 0 unspecified atom stereocenters. The van der Waals surface area contributed by atoms with Crippen LogP contribution in [-0.2, 0) is 15.9 Å². The molecule has 2 heterocycles. The number of fused-ring (bicyclic) bond motifs is 1. The highest BCUT2D eigenvalue weighted by Gasteiger charge is 2.29. The SMILES string of the molecule is COCCO[C@H]1CCN(C(=O)N[C@@H]2CCCc3sccc32)C1. The Morgan fingerprint density at radius 1 is 1.45 bits per heavy atom. The first-order chi connectivity index (χ1) is 10.8. The molecule has 1 aromatic rings. The highest BCUT2D eigenvalue weighted by Crippen LogP contribution is 2.33. The van der Waals surface area contributed by atoms with Crippen LogP contribution in [0.25, 0.3) is 0 Å². The van der Waals surface area contributed by atoms with Crippen molar-refractivity contribution in [2.45, 2.75) is 37.8 Å². The normalized spacial score (nSPS) is 24.3. The van der Waals surface area contributed by atoms with Gasteiger partial charge in [-0.25, -0.2) is 4.79 Å². The molecular weight excluding hydrogens is 300 g/mol. The third kappa shape index (κ3) is 3.62. The minimum Gasteiger partial charge on any atom is -0.382 e. The highest BCUT2D eigenvalue weighted by atomic mass is 32.1. The first-order valence-electron chi connectivity index (χ1n) is 8.00. The molecule has 2 atom stereocenters. The predicted molar refractivity (Wildman–Crippen MR) is 86.3 cm³/mol. The van der Waals surface area contributed by atoms with E-state index in [1.54, 1.807) is 18.4 Å². The van der Waals surface area contributed by atoms with E-state index >= 15 is 0 Å². The van der Waals surface area contributed by atoms with Crippen LogP contribution >= 0.6 is 11.3 Å². The van der Waals surface area contributed by atoms with Crippen molar-refractivity contribution in [3.05, 3.63) is 21.9 Å². The molecule has 1 aliphatic carbocycles. The zero-order chi connectivity index (χ0) is 15.4. The van der Waals surface area contributed by atoms with Gasteiger partial charge in [-0.3, -0.25) is 0 Å². The molecule has 0 bridgehead atoms. The van der Waals surface area contributed by atoms with Gasteiger partial charge in [0.15, 0.2) is 0 Å². The van der Waals surface area contributed by atoms with Gasteiger partial charge in [0, 0.05) is 25.1 Å². The molecule has 1 aromatic heterocycles. The van der Waals surface area contributed by atoms with E-state index in [-0.39, 0.29) is 18.2 Å². The fourth-order valence-corrected chi connectivity index (χ4v) is 4.21. The number of hydrogen-bond acceptors (Lipinski definition) is 4. The molecule has 1 N–H and O–H groups in total. The molecule has 0 spiro atoms. The predicted octanol–water partition coefficient (Wildman–Crippen LogP) is 2.57. The third-order valence-electron chi connectivity index (χ3n) is 4.42. The van der Waals surface area contributed by atoms with E-state index in [2.05, 4.69) is 16.8 Å². The number of thiophene rings is 1. The van der Waals surface area contributed by atoms with Crippen molar-refractivity contribution in [2.75, 3.05) is 33.4 Å². The second-order valence-electron chi connectivity index (χ2n) is 5.91. The maximum Gasteiger partial charge on any atom is 0.317 e. The van der Waals surface area contributed by atoms with Crippen LogP contribution in [0.3, 0.4) is 0 Å². The van der Waals surface area contributed by atoms with Gasteiger partial charge in [-0.05, 0) is 42.7 Å². The van der Waals surface area contributed by atoms with Crippen molar-refractivity contribution in [1.82, 2.24) is 10.2 Å². The zero-order valence-electron chi connectivity index (χ0n) is 13.0. The van der Waals surface area contributed by atoms with E-state index in [0.717, 1.165) is 32.2 Å². The molecule has 0 saturated carbocycles. The number of rotatable bonds is 5. The number of nitrogens with zero attached hydrogens (tertiary/aromatic N) is 1. The molecule has 1 fully saturated rings. The molecule has 22 heavy (non-hydrogen) atoms. The van der Waals surface area contributed by atoms with Crippen LogP contribution in [0.2, 0.25) is 0 Å². The Bertz CT molecular complexity index is 505. The number of ether oxygens (including phenoxy) is 2. The number of amides is 2. The van der Waals surface area contributed by atoms with Crippen molar-refractivity contribution in [3.63, 3.8) is 0 Å². The largest absolute Gasteiger partial charge is 0.382 e. The molecule has 0 aromatic carbocycles. The van der Waals surface area contributed by atoms with Gasteiger partial charge in [0.1, 0.15) is 0 Å². The lowest BCUT2D eigenvalue weighted by Crippen LogP contribution is -2.41. The van der Waals surface area contributed by atoms with Crippen LogP contribution in [0.5, 0.6) is 0 Å². The minimum absolute atomic E-state index is 0.0434. The summed E-state index contributed by atoms with van der Waals surface area (Å²) in [5.74, 6) is 0. The van der Waals surface area contributed by atoms with Crippen molar-refractivity contribution in [1.29, 1.82) is 0 Å². The maximum atomic E-state index is 12.5. The molecule has 0 radical (unpaired) electrons. The van der Waals surface area contributed by atoms with Crippen LogP contribution in [-0.4, -0.2) is 50.4 Å².